The second kappa shape index (κ2) is 16.6. The summed E-state index contributed by atoms with van der Waals surface area (Å²) >= 11 is 1.27. The summed E-state index contributed by atoms with van der Waals surface area (Å²) < 4.78 is 4.97. The Morgan fingerprint density at radius 2 is 2.08 bits per heavy atom. The standard InChI is InChI=1S/C21H27N5O3S.C9H12O/c22-15(13-27)4-3-7-23-12-19(28)26-18(20(29)21-24-8-9-30-21)10-14-11-25-17-6-2-1-5-16(14)17;1-8-3-5-9(6-4-8)7-10-2/h2,6,8-9,11,13,15,18,23,25H,1,3-5,7,10,12,22H2,(H,26,28);3-6H,7H2,1-2H3/t15-,18?;/m0./s1. The van der Waals surface area contributed by atoms with Crippen molar-refractivity contribution in [3.05, 3.63) is 81.1 Å². The molecule has 0 bridgehead atoms. The van der Waals surface area contributed by atoms with Crippen molar-refractivity contribution in [2.75, 3.05) is 20.2 Å². The van der Waals surface area contributed by atoms with Crippen LogP contribution in [0.3, 0.4) is 0 Å². The van der Waals surface area contributed by atoms with Crippen molar-refractivity contribution in [1.82, 2.24) is 20.6 Å². The molecular weight excluding hydrogens is 526 g/mol. The molecule has 1 aliphatic carbocycles. The number of Topliss-reactive ketones (excluding diaryl/α,β-unsaturated/α-hetero) is 1. The number of benzene rings is 1. The molecule has 214 valence electrons. The minimum absolute atomic E-state index is 0.0892. The summed E-state index contributed by atoms with van der Waals surface area (Å²) in [5.74, 6) is -0.439. The predicted octanol–water partition coefficient (Wildman–Crippen LogP) is 3.38. The van der Waals surface area contributed by atoms with Crippen molar-refractivity contribution in [2.45, 2.75) is 57.7 Å². The Morgan fingerprint density at radius 1 is 1.27 bits per heavy atom. The van der Waals surface area contributed by atoms with E-state index in [0.29, 0.717) is 37.4 Å². The lowest BCUT2D eigenvalue weighted by atomic mass is 9.95. The fourth-order valence-corrected chi connectivity index (χ4v) is 4.95. The van der Waals surface area contributed by atoms with E-state index in [4.69, 9.17) is 10.5 Å². The molecule has 0 saturated heterocycles. The molecule has 5 N–H and O–H groups in total. The number of thiazole rings is 1. The third-order valence-corrected chi connectivity index (χ3v) is 7.25. The molecule has 1 unspecified atom stereocenters. The quantitative estimate of drug-likeness (QED) is 0.134. The molecular formula is C30H39N5O4S. The molecule has 40 heavy (non-hydrogen) atoms. The number of aromatic amines is 1. The normalized spacial score (nSPS) is 13.5. The van der Waals surface area contributed by atoms with Gasteiger partial charge in [0.1, 0.15) is 6.29 Å². The molecule has 1 amide bonds. The van der Waals surface area contributed by atoms with Crippen LogP contribution in [0.5, 0.6) is 0 Å². The van der Waals surface area contributed by atoms with Crippen LogP contribution in [0.1, 0.15) is 57.0 Å². The van der Waals surface area contributed by atoms with Crippen LogP contribution < -0.4 is 16.4 Å². The van der Waals surface area contributed by atoms with Crippen LogP contribution in [0.4, 0.5) is 0 Å². The highest BCUT2D eigenvalue weighted by Gasteiger charge is 2.26. The number of rotatable bonds is 14. The first-order chi connectivity index (χ1) is 19.4. The lowest BCUT2D eigenvalue weighted by Crippen LogP contribution is -2.46. The number of nitrogens with one attached hydrogen (secondary N) is 3. The van der Waals surface area contributed by atoms with Crippen LogP contribution >= 0.6 is 11.3 Å². The molecule has 0 spiro atoms. The number of aromatic nitrogens is 2. The molecule has 2 heterocycles. The van der Waals surface area contributed by atoms with Gasteiger partial charge in [0.15, 0.2) is 5.01 Å². The van der Waals surface area contributed by atoms with Gasteiger partial charge in [0, 0.05) is 37.0 Å². The zero-order valence-electron chi connectivity index (χ0n) is 23.2. The number of hydrogen-bond acceptors (Lipinski definition) is 8. The summed E-state index contributed by atoms with van der Waals surface area (Å²) in [5, 5.41) is 8.03. The van der Waals surface area contributed by atoms with Crippen LogP contribution in [0.15, 0.2) is 48.1 Å². The minimum Gasteiger partial charge on any atom is -0.380 e. The molecule has 0 radical (unpaired) electrons. The van der Waals surface area contributed by atoms with Gasteiger partial charge >= 0.3 is 0 Å². The van der Waals surface area contributed by atoms with Gasteiger partial charge in [0.25, 0.3) is 0 Å². The third kappa shape index (κ3) is 9.95. The number of ketones is 1. The lowest BCUT2D eigenvalue weighted by Gasteiger charge is -2.18. The fourth-order valence-electron chi connectivity index (χ4n) is 4.32. The lowest BCUT2D eigenvalue weighted by molar-refractivity contribution is -0.120. The van der Waals surface area contributed by atoms with Gasteiger partial charge in [0.05, 0.1) is 25.2 Å². The molecule has 2 atom stereocenters. The topological polar surface area (TPSA) is 139 Å². The number of carbonyl (C=O) groups excluding carboxylic acids is 3. The first kappa shape index (κ1) is 31.1. The molecule has 2 aromatic heterocycles. The van der Waals surface area contributed by atoms with Crippen LogP contribution in [-0.2, 0) is 33.8 Å². The van der Waals surface area contributed by atoms with E-state index in [-0.39, 0.29) is 18.2 Å². The van der Waals surface area contributed by atoms with Crippen LogP contribution in [0.2, 0.25) is 0 Å². The molecule has 0 fully saturated rings. The number of hydrogen-bond donors (Lipinski definition) is 4. The number of H-pyrrole nitrogens is 1. The second-order valence-corrected chi connectivity index (χ2v) is 10.6. The Bertz CT molecular complexity index is 1240. The van der Waals surface area contributed by atoms with Gasteiger partial charge in [-0.15, -0.1) is 11.3 Å². The summed E-state index contributed by atoms with van der Waals surface area (Å²) in [7, 11) is 1.71. The van der Waals surface area contributed by atoms with Crippen LogP contribution in [0.25, 0.3) is 6.08 Å². The van der Waals surface area contributed by atoms with Gasteiger partial charge in [0.2, 0.25) is 11.7 Å². The smallest absolute Gasteiger partial charge is 0.234 e. The van der Waals surface area contributed by atoms with E-state index in [1.807, 2.05) is 6.20 Å². The summed E-state index contributed by atoms with van der Waals surface area (Å²) in [6.45, 7) is 3.44. The maximum atomic E-state index is 13.0. The van der Waals surface area contributed by atoms with Gasteiger partial charge in [-0.3, -0.25) is 9.59 Å². The van der Waals surface area contributed by atoms with Gasteiger partial charge in [-0.2, -0.15) is 0 Å². The van der Waals surface area contributed by atoms with Crippen molar-refractivity contribution in [2.24, 2.45) is 5.73 Å². The number of fused-ring (bicyclic) bond motifs is 1. The Kier molecular flexibility index (Phi) is 12.9. The first-order valence-corrected chi connectivity index (χ1v) is 14.3. The number of allylic oxidation sites excluding steroid dienone is 1. The zero-order valence-corrected chi connectivity index (χ0v) is 24.0. The van der Waals surface area contributed by atoms with E-state index in [0.717, 1.165) is 30.4 Å². The number of amides is 1. The van der Waals surface area contributed by atoms with E-state index in [1.54, 1.807) is 18.7 Å². The van der Waals surface area contributed by atoms with Crippen LogP contribution in [0, 0.1) is 6.92 Å². The largest absolute Gasteiger partial charge is 0.380 e. The number of aldehydes is 1. The van der Waals surface area contributed by atoms with Crippen molar-refractivity contribution >= 4 is 35.4 Å². The summed E-state index contributed by atoms with van der Waals surface area (Å²) in [6, 6.07) is 7.20. The van der Waals surface area contributed by atoms with E-state index < -0.39 is 12.1 Å². The third-order valence-electron chi connectivity index (χ3n) is 6.46. The number of nitrogens with two attached hydrogens (primary N) is 1. The fraction of sp³-hybridized carbons (Fsp3) is 0.400. The van der Waals surface area contributed by atoms with Gasteiger partial charge in [-0.05, 0) is 61.9 Å². The Hall–Kier alpha value is -3.44. The molecule has 1 aliphatic rings. The van der Waals surface area contributed by atoms with Gasteiger partial charge in [-0.25, -0.2) is 4.98 Å². The van der Waals surface area contributed by atoms with E-state index in [1.165, 1.54) is 28.0 Å². The maximum Gasteiger partial charge on any atom is 0.234 e. The zero-order chi connectivity index (χ0) is 28.7. The number of nitrogens with zero attached hydrogens (tertiary/aromatic N) is 1. The molecule has 4 rings (SSSR count). The Balaban J connectivity index is 0.000000371. The SMILES string of the molecule is COCc1ccc(C)cc1.N[C@H](C=O)CCCNCC(=O)NC(Cc1c[nH]c2c1CCC=C2)C(=O)c1nccs1. The number of carbonyl (C=O) groups is 3. The molecule has 10 heteroatoms. The minimum atomic E-state index is -0.681. The van der Waals surface area contributed by atoms with E-state index in [9.17, 15) is 14.4 Å². The monoisotopic (exact) mass is 565 g/mol. The summed E-state index contributed by atoms with van der Waals surface area (Å²) in [5.41, 5.74) is 11.4. The van der Waals surface area contributed by atoms with Crippen molar-refractivity contribution < 1.29 is 19.1 Å². The number of aryl methyl sites for hydroxylation is 1. The van der Waals surface area contributed by atoms with Crippen molar-refractivity contribution in [3.8, 4) is 0 Å². The van der Waals surface area contributed by atoms with E-state index in [2.05, 4.69) is 63.9 Å². The average Bonchev–Trinajstić information content (AvgIpc) is 3.65. The first-order valence-electron chi connectivity index (χ1n) is 13.5. The molecule has 1 aromatic carbocycles. The van der Waals surface area contributed by atoms with E-state index >= 15 is 0 Å². The van der Waals surface area contributed by atoms with Crippen LogP contribution in [-0.4, -0.2) is 60.2 Å². The highest BCUT2D eigenvalue weighted by molar-refractivity contribution is 7.11. The summed E-state index contributed by atoms with van der Waals surface area (Å²) in [6.07, 6.45) is 12.0. The maximum absolute atomic E-state index is 13.0. The van der Waals surface area contributed by atoms with Gasteiger partial charge in [-0.1, -0.05) is 35.9 Å². The van der Waals surface area contributed by atoms with Gasteiger partial charge < -0.3 is 30.9 Å². The number of methoxy groups -OCH3 is 1. The Labute approximate surface area is 239 Å². The summed E-state index contributed by atoms with van der Waals surface area (Å²) in [4.78, 5) is 43.3. The predicted molar refractivity (Wildman–Crippen MR) is 158 cm³/mol. The number of ether oxygens (including phenoxy) is 1. The highest BCUT2D eigenvalue weighted by Crippen LogP contribution is 2.24. The average molecular weight is 566 g/mol. The molecule has 0 aliphatic heterocycles. The van der Waals surface area contributed by atoms with Crippen molar-refractivity contribution in [1.29, 1.82) is 0 Å². The molecule has 9 nitrogen and oxygen atoms in total. The molecule has 0 saturated carbocycles. The highest BCUT2D eigenvalue weighted by atomic mass is 32.1. The molecule has 3 aromatic rings. The Morgan fingerprint density at radius 3 is 2.77 bits per heavy atom. The van der Waals surface area contributed by atoms with Crippen molar-refractivity contribution in [3.63, 3.8) is 0 Å². The second-order valence-electron chi connectivity index (χ2n) is 9.71.